The van der Waals surface area contributed by atoms with Crippen molar-refractivity contribution < 1.29 is 4.74 Å². The molecule has 0 saturated carbocycles. The summed E-state index contributed by atoms with van der Waals surface area (Å²) in [5, 5.41) is 0. The minimum atomic E-state index is 0.173. The second-order valence-corrected chi connectivity index (χ2v) is 3.60. The molecule has 0 spiro atoms. The molecule has 0 amide bonds. The van der Waals surface area contributed by atoms with Crippen LogP contribution < -0.4 is 0 Å². The predicted octanol–water partition coefficient (Wildman–Crippen LogP) is 1.51. The third-order valence-corrected chi connectivity index (χ3v) is 2.22. The van der Waals surface area contributed by atoms with Crippen LogP contribution in [0.4, 0.5) is 0 Å². The van der Waals surface area contributed by atoms with E-state index in [2.05, 4.69) is 25.7 Å². The van der Waals surface area contributed by atoms with Crippen LogP contribution in [0.3, 0.4) is 0 Å². The molecular formula is C9H19NO. The van der Waals surface area contributed by atoms with E-state index in [9.17, 15) is 0 Å². The van der Waals surface area contributed by atoms with Crippen molar-refractivity contribution in [2.24, 2.45) is 0 Å². The Morgan fingerprint density at radius 2 is 2.00 bits per heavy atom. The van der Waals surface area contributed by atoms with Crippen LogP contribution in [-0.4, -0.2) is 36.7 Å². The first-order valence-corrected chi connectivity index (χ1v) is 4.56. The molecule has 0 unspecified atom stereocenters. The molecule has 0 aliphatic carbocycles. The van der Waals surface area contributed by atoms with Gasteiger partial charge in [-0.05, 0) is 19.9 Å². The Hall–Kier alpha value is -0.0800. The lowest BCUT2D eigenvalue weighted by molar-refractivity contribution is -0.130. The molecule has 11 heavy (non-hydrogen) atoms. The topological polar surface area (TPSA) is 12.5 Å². The average Bonchev–Trinajstić information content (AvgIpc) is 1.95. The summed E-state index contributed by atoms with van der Waals surface area (Å²) in [6.45, 7) is 10.8. The monoisotopic (exact) mass is 157 g/mol. The zero-order chi connectivity index (χ0) is 8.32. The second kappa shape index (κ2) is 3.55. The molecule has 66 valence electrons. The molecule has 0 aromatic rings. The van der Waals surface area contributed by atoms with E-state index in [0.29, 0.717) is 0 Å². The molecule has 0 radical (unpaired) electrons. The first kappa shape index (κ1) is 9.01. The van der Waals surface area contributed by atoms with Gasteiger partial charge in [-0.25, -0.2) is 0 Å². The van der Waals surface area contributed by atoms with Gasteiger partial charge in [-0.15, -0.1) is 0 Å². The fraction of sp³-hybridized carbons (Fsp3) is 1.00. The van der Waals surface area contributed by atoms with E-state index >= 15 is 0 Å². The van der Waals surface area contributed by atoms with Gasteiger partial charge in [0.15, 0.2) is 0 Å². The van der Waals surface area contributed by atoms with Crippen LogP contribution in [0.2, 0.25) is 0 Å². The minimum Gasteiger partial charge on any atom is -0.373 e. The molecule has 1 fully saturated rings. The molecule has 2 nitrogen and oxygen atoms in total. The van der Waals surface area contributed by atoms with Crippen LogP contribution in [0, 0.1) is 0 Å². The zero-order valence-corrected chi connectivity index (χ0v) is 7.89. The molecule has 1 heterocycles. The maximum absolute atomic E-state index is 5.70. The normalized spacial score (nSPS) is 23.2. The number of likely N-dealkylation sites (tertiary alicyclic amines) is 1. The highest BCUT2D eigenvalue weighted by Crippen LogP contribution is 2.23. The van der Waals surface area contributed by atoms with E-state index in [1.807, 2.05) is 0 Å². The largest absolute Gasteiger partial charge is 0.373 e. The van der Waals surface area contributed by atoms with Gasteiger partial charge in [-0.2, -0.15) is 0 Å². The zero-order valence-electron chi connectivity index (χ0n) is 7.89. The summed E-state index contributed by atoms with van der Waals surface area (Å²) in [6.07, 6.45) is 1.13. The van der Waals surface area contributed by atoms with Crippen LogP contribution >= 0.6 is 0 Å². The molecule has 0 aromatic heterocycles. The summed E-state index contributed by atoms with van der Waals surface area (Å²) in [5.41, 5.74) is 0.173. The van der Waals surface area contributed by atoms with Crippen LogP contribution in [0.1, 0.15) is 27.2 Å². The Bertz CT molecular complexity index is 113. The third kappa shape index (κ3) is 2.17. The first-order chi connectivity index (χ1) is 5.20. The smallest absolute Gasteiger partial charge is 0.0906 e. The molecule has 0 aromatic carbocycles. The van der Waals surface area contributed by atoms with Crippen LogP contribution in [-0.2, 0) is 4.74 Å². The molecular weight excluding hydrogens is 138 g/mol. The minimum absolute atomic E-state index is 0.173. The van der Waals surface area contributed by atoms with E-state index in [1.54, 1.807) is 0 Å². The van der Waals surface area contributed by atoms with Gasteiger partial charge in [0.25, 0.3) is 0 Å². The summed E-state index contributed by atoms with van der Waals surface area (Å²) in [4.78, 5) is 2.40. The van der Waals surface area contributed by atoms with Gasteiger partial charge in [-0.1, -0.05) is 13.8 Å². The number of likely N-dealkylation sites (N-methyl/N-ethyl adjacent to an activating group) is 1. The second-order valence-electron chi connectivity index (χ2n) is 3.60. The lowest BCUT2D eigenvalue weighted by Gasteiger charge is -2.47. The lowest BCUT2D eigenvalue weighted by Crippen LogP contribution is -2.61. The average molecular weight is 157 g/mol. The SMILES string of the molecule is CCCOC1(C)CN(CC)C1. The Balaban J connectivity index is 2.15. The summed E-state index contributed by atoms with van der Waals surface area (Å²) in [5.74, 6) is 0. The Kier molecular flexibility index (Phi) is 2.90. The molecule has 0 bridgehead atoms. The van der Waals surface area contributed by atoms with Gasteiger partial charge in [0, 0.05) is 19.7 Å². The van der Waals surface area contributed by atoms with Crippen LogP contribution in [0.5, 0.6) is 0 Å². The fourth-order valence-electron chi connectivity index (χ4n) is 1.56. The highest BCUT2D eigenvalue weighted by Gasteiger charge is 2.38. The molecule has 1 rings (SSSR count). The van der Waals surface area contributed by atoms with Crippen molar-refractivity contribution >= 4 is 0 Å². The van der Waals surface area contributed by atoms with Gasteiger partial charge in [-0.3, -0.25) is 4.90 Å². The van der Waals surface area contributed by atoms with Crippen molar-refractivity contribution in [1.82, 2.24) is 4.90 Å². The lowest BCUT2D eigenvalue weighted by atomic mass is 9.97. The van der Waals surface area contributed by atoms with Crippen LogP contribution in [0.15, 0.2) is 0 Å². The Morgan fingerprint density at radius 3 is 2.45 bits per heavy atom. The molecule has 1 saturated heterocycles. The maximum atomic E-state index is 5.70. The molecule has 1 aliphatic rings. The number of hydrogen-bond acceptors (Lipinski definition) is 2. The van der Waals surface area contributed by atoms with Gasteiger partial charge < -0.3 is 4.74 Å². The van der Waals surface area contributed by atoms with Crippen LogP contribution in [0.25, 0.3) is 0 Å². The Labute approximate surface area is 69.5 Å². The molecule has 0 N–H and O–H groups in total. The molecule has 0 atom stereocenters. The van der Waals surface area contributed by atoms with E-state index in [-0.39, 0.29) is 5.60 Å². The van der Waals surface area contributed by atoms with E-state index in [0.717, 1.165) is 32.7 Å². The van der Waals surface area contributed by atoms with Crippen molar-refractivity contribution in [3.05, 3.63) is 0 Å². The van der Waals surface area contributed by atoms with Gasteiger partial charge >= 0.3 is 0 Å². The summed E-state index contributed by atoms with van der Waals surface area (Å²) >= 11 is 0. The fourth-order valence-corrected chi connectivity index (χ4v) is 1.56. The van der Waals surface area contributed by atoms with E-state index < -0.39 is 0 Å². The van der Waals surface area contributed by atoms with Crippen molar-refractivity contribution in [3.63, 3.8) is 0 Å². The van der Waals surface area contributed by atoms with Crippen molar-refractivity contribution in [1.29, 1.82) is 0 Å². The molecule has 2 heteroatoms. The van der Waals surface area contributed by atoms with Crippen molar-refractivity contribution in [3.8, 4) is 0 Å². The number of nitrogens with zero attached hydrogens (tertiary/aromatic N) is 1. The quantitative estimate of drug-likeness (QED) is 0.613. The van der Waals surface area contributed by atoms with Crippen molar-refractivity contribution in [2.75, 3.05) is 26.2 Å². The summed E-state index contributed by atoms with van der Waals surface area (Å²) < 4.78 is 5.70. The highest BCUT2D eigenvalue weighted by molar-refractivity contribution is 4.92. The Morgan fingerprint density at radius 1 is 1.36 bits per heavy atom. The standard InChI is InChI=1S/C9H19NO/c1-4-6-11-9(3)7-10(5-2)8-9/h4-8H2,1-3H3. The van der Waals surface area contributed by atoms with E-state index in [1.165, 1.54) is 0 Å². The number of ether oxygens (including phenoxy) is 1. The van der Waals surface area contributed by atoms with Gasteiger partial charge in [0.05, 0.1) is 5.60 Å². The summed E-state index contributed by atoms with van der Waals surface area (Å²) in [6, 6.07) is 0. The first-order valence-electron chi connectivity index (χ1n) is 4.56. The number of rotatable bonds is 4. The van der Waals surface area contributed by atoms with E-state index in [4.69, 9.17) is 4.74 Å². The third-order valence-electron chi connectivity index (χ3n) is 2.22. The highest BCUT2D eigenvalue weighted by atomic mass is 16.5. The molecule has 1 aliphatic heterocycles. The number of hydrogen-bond donors (Lipinski definition) is 0. The predicted molar refractivity (Wildman–Crippen MR) is 46.8 cm³/mol. The van der Waals surface area contributed by atoms with Crippen molar-refractivity contribution in [2.45, 2.75) is 32.8 Å². The summed E-state index contributed by atoms with van der Waals surface area (Å²) in [7, 11) is 0. The van der Waals surface area contributed by atoms with Gasteiger partial charge in [0.2, 0.25) is 0 Å². The van der Waals surface area contributed by atoms with Gasteiger partial charge in [0.1, 0.15) is 0 Å². The maximum Gasteiger partial charge on any atom is 0.0906 e.